The van der Waals surface area contributed by atoms with Crippen LogP contribution in [0, 0.1) is 10.3 Å². The maximum atomic E-state index is 8.91. The van der Waals surface area contributed by atoms with Gasteiger partial charge in [0.25, 0.3) is 5.96 Å². The predicted octanol–water partition coefficient (Wildman–Crippen LogP) is -0.354. The molecule has 0 atom stereocenters. The number of guanidine groups is 1. The van der Waals surface area contributed by atoms with Crippen LogP contribution in [0.15, 0.2) is 5.18 Å². The number of nitrogens with two attached hydrogens (primary N) is 1. The molecule has 0 aliphatic rings. The highest BCUT2D eigenvalue weighted by atomic mass is 16.3. The molecule has 0 saturated heterocycles. The first kappa shape index (κ1) is 4.07. The van der Waals surface area contributed by atoms with Gasteiger partial charge in [-0.3, -0.25) is 5.41 Å². The summed E-state index contributed by atoms with van der Waals surface area (Å²) in [5, 5.41) is 8.04. The Hall–Kier alpha value is -0.930. The summed E-state index contributed by atoms with van der Waals surface area (Å²) in [5.41, 5.74) is 4.40. The fourth-order valence-electron chi connectivity index (χ4n) is 0. The Balaban J connectivity index is 3.20. The molecule has 0 fully saturated rings. The molecule has 5 heavy (non-hydrogen) atoms. The van der Waals surface area contributed by atoms with E-state index >= 15 is 0 Å². The summed E-state index contributed by atoms with van der Waals surface area (Å²) in [6.07, 6.45) is 0. The zero-order valence-corrected chi connectivity index (χ0v) is 2.43. The van der Waals surface area contributed by atoms with Crippen LogP contribution < -0.4 is 5.73 Å². The van der Waals surface area contributed by atoms with Gasteiger partial charge in [0.2, 0.25) is 0 Å². The Morgan fingerprint density at radius 3 is 2.20 bits per heavy atom. The zero-order valence-electron chi connectivity index (χ0n) is 2.43. The number of nitrogens with zero attached hydrogens (tertiary/aromatic N) is 1. The van der Waals surface area contributed by atoms with Crippen LogP contribution in [0.4, 0.5) is 0 Å². The van der Waals surface area contributed by atoms with Crippen molar-refractivity contribution in [2.45, 2.75) is 0 Å². The van der Waals surface area contributed by atoms with Crippen LogP contribution in [0.25, 0.3) is 0 Å². The van der Waals surface area contributed by atoms with Crippen molar-refractivity contribution in [3.63, 3.8) is 0 Å². The van der Waals surface area contributed by atoms with Gasteiger partial charge < -0.3 is 5.73 Å². The standard InChI is InChI=1S/CH3N3O/c2-1(3)4-5/h(H3,2,3). The van der Waals surface area contributed by atoms with Gasteiger partial charge >= 0.3 is 0 Å². The normalized spacial score (nSPS) is 6.40. The Morgan fingerprint density at radius 2 is 2.20 bits per heavy atom. The largest absolute Gasteiger partial charge is 0.366 e. The van der Waals surface area contributed by atoms with Crippen molar-refractivity contribution in [2.75, 3.05) is 0 Å². The van der Waals surface area contributed by atoms with Crippen molar-refractivity contribution in [3.8, 4) is 0 Å². The van der Waals surface area contributed by atoms with E-state index in [0.717, 1.165) is 0 Å². The van der Waals surface area contributed by atoms with Crippen LogP contribution in [0.3, 0.4) is 0 Å². The summed E-state index contributed by atoms with van der Waals surface area (Å²) in [6.45, 7) is 0. The Bertz CT molecular complexity index is 57.9. The summed E-state index contributed by atoms with van der Waals surface area (Å²) in [6, 6.07) is 0. The van der Waals surface area contributed by atoms with Crippen LogP contribution in [-0.4, -0.2) is 5.96 Å². The van der Waals surface area contributed by atoms with Gasteiger partial charge in [0, 0.05) is 5.18 Å². The van der Waals surface area contributed by atoms with E-state index in [9.17, 15) is 0 Å². The average molecular weight is 73.1 g/mol. The van der Waals surface area contributed by atoms with Crippen molar-refractivity contribution in [3.05, 3.63) is 4.91 Å². The molecule has 0 aromatic rings. The van der Waals surface area contributed by atoms with Gasteiger partial charge in [-0.2, -0.15) is 0 Å². The number of hydrogen-bond donors (Lipinski definition) is 2. The molecule has 28 valence electrons. The van der Waals surface area contributed by atoms with Crippen molar-refractivity contribution in [1.29, 1.82) is 5.41 Å². The van der Waals surface area contributed by atoms with Gasteiger partial charge in [-0.1, -0.05) is 0 Å². The second-order valence-corrected chi connectivity index (χ2v) is 0.477. The predicted molar refractivity (Wildman–Crippen MR) is 17.7 cm³/mol. The van der Waals surface area contributed by atoms with E-state index in [1.54, 1.807) is 0 Å². The first-order valence-electron chi connectivity index (χ1n) is 0.945. The molecule has 0 rings (SSSR count). The minimum Gasteiger partial charge on any atom is -0.366 e. The SMILES string of the molecule is N=C(N)N=O. The first-order valence-corrected chi connectivity index (χ1v) is 0.945. The summed E-state index contributed by atoms with van der Waals surface area (Å²) < 4.78 is 0. The molecule has 0 unspecified atom stereocenters. The van der Waals surface area contributed by atoms with Gasteiger partial charge in [-0.25, -0.2) is 0 Å². The van der Waals surface area contributed by atoms with Crippen molar-refractivity contribution < 1.29 is 0 Å². The molecule has 4 nitrogen and oxygen atoms in total. The van der Waals surface area contributed by atoms with Crippen molar-refractivity contribution in [2.24, 2.45) is 10.9 Å². The van der Waals surface area contributed by atoms with E-state index < -0.39 is 5.96 Å². The third kappa shape index (κ3) is 3.07. The van der Waals surface area contributed by atoms with Gasteiger partial charge in [0.15, 0.2) is 0 Å². The second kappa shape index (κ2) is 1.40. The average Bonchev–Trinajstić information content (AvgIpc) is 1.38. The van der Waals surface area contributed by atoms with E-state index in [0.29, 0.717) is 0 Å². The molecule has 0 amide bonds. The molecule has 3 N–H and O–H groups in total. The van der Waals surface area contributed by atoms with E-state index in [2.05, 4.69) is 5.73 Å². The molecule has 0 aromatic heterocycles. The lowest BCUT2D eigenvalue weighted by Gasteiger charge is -1.64. The third-order valence-electron chi connectivity index (χ3n) is 0.0983. The second-order valence-electron chi connectivity index (χ2n) is 0.477. The number of nitrogens with one attached hydrogen (secondary N) is 1. The smallest absolute Gasteiger partial charge is 0.254 e. The molecule has 0 radical (unpaired) electrons. The fraction of sp³-hybridized carbons (Fsp3) is 0. The van der Waals surface area contributed by atoms with Gasteiger partial charge in [-0.05, 0) is 0 Å². The maximum Gasteiger partial charge on any atom is 0.254 e. The Kier molecular flexibility index (Phi) is 1.14. The maximum absolute atomic E-state index is 8.91. The highest BCUT2D eigenvalue weighted by Crippen LogP contribution is 1.50. The number of nitroso groups, excluding NO2 is 1. The zero-order chi connectivity index (χ0) is 4.28. The van der Waals surface area contributed by atoms with Gasteiger partial charge in [0.1, 0.15) is 0 Å². The Labute approximate surface area is 28.5 Å². The Morgan fingerprint density at radius 1 is 2.00 bits per heavy atom. The highest BCUT2D eigenvalue weighted by molar-refractivity contribution is 5.74. The van der Waals surface area contributed by atoms with E-state index in [1.807, 2.05) is 5.18 Å². The van der Waals surface area contributed by atoms with Crippen LogP contribution in [0.1, 0.15) is 0 Å². The topological polar surface area (TPSA) is 79.3 Å². The van der Waals surface area contributed by atoms with Gasteiger partial charge in [-0.15, -0.1) is 4.91 Å². The molecule has 0 aliphatic carbocycles. The minimum atomic E-state index is -0.676. The molecule has 0 spiro atoms. The lowest BCUT2D eigenvalue weighted by Crippen LogP contribution is -2.02. The molecular formula is CH3N3O. The molecule has 0 heterocycles. The number of rotatable bonds is 0. The first-order chi connectivity index (χ1) is 2.27. The van der Waals surface area contributed by atoms with E-state index in [1.165, 1.54) is 0 Å². The molecule has 4 heteroatoms. The van der Waals surface area contributed by atoms with Crippen molar-refractivity contribution in [1.82, 2.24) is 0 Å². The lowest BCUT2D eigenvalue weighted by molar-refractivity contribution is 1.37. The third-order valence-corrected chi connectivity index (χ3v) is 0.0983. The van der Waals surface area contributed by atoms with Crippen molar-refractivity contribution >= 4 is 5.96 Å². The molecule has 0 aromatic carbocycles. The van der Waals surface area contributed by atoms with E-state index in [-0.39, 0.29) is 0 Å². The summed E-state index contributed by atoms with van der Waals surface area (Å²) in [5.74, 6) is -0.676. The lowest BCUT2D eigenvalue weighted by atomic mass is 11.1. The molecule has 0 bridgehead atoms. The monoisotopic (exact) mass is 73.0 g/mol. The molecule has 0 saturated carbocycles. The summed E-state index contributed by atoms with van der Waals surface area (Å²) in [4.78, 5) is 8.91. The number of hydrogen-bond acceptors (Lipinski definition) is 2. The van der Waals surface area contributed by atoms with Crippen LogP contribution >= 0.6 is 0 Å². The van der Waals surface area contributed by atoms with Gasteiger partial charge in [0.05, 0.1) is 0 Å². The van der Waals surface area contributed by atoms with E-state index in [4.69, 9.17) is 10.3 Å². The van der Waals surface area contributed by atoms with Crippen LogP contribution in [-0.2, 0) is 0 Å². The molecular weight excluding hydrogens is 70.0 g/mol. The summed E-state index contributed by atoms with van der Waals surface area (Å²) >= 11 is 0. The summed E-state index contributed by atoms with van der Waals surface area (Å²) in [7, 11) is 0. The fourth-order valence-corrected chi connectivity index (χ4v) is 0. The van der Waals surface area contributed by atoms with Crippen LogP contribution in [0.2, 0.25) is 0 Å². The highest BCUT2D eigenvalue weighted by Gasteiger charge is 1.70. The minimum absolute atomic E-state index is 0.676. The molecule has 0 aliphatic heterocycles. The van der Waals surface area contributed by atoms with Crippen LogP contribution in [0.5, 0.6) is 0 Å². The quantitative estimate of drug-likeness (QED) is 0.233.